The van der Waals surface area contributed by atoms with Crippen LogP contribution >= 0.6 is 11.6 Å². The Labute approximate surface area is 216 Å². The summed E-state index contributed by atoms with van der Waals surface area (Å²) < 4.78 is 10.7. The molecule has 0 saturated carbocycles. The Hall–Kier alpha value is -2.37. The summed E-state index contributed by atoms with van der Waals surface area (Å²) in [5.41, 5.74) is 1.54. The van der Waals surface area contributed by atoms with E-state index in [9.17, 15) is 9.59 Å². The van der Waals surface area contributed by atoms with Crippen molar-refractivity contribution in [3.63, 3.8) is 0 Å². The molecule has 5 nitrogen and oxygen atoms in total. The largest absolute Gasteiger partial charge is 0.453 e. The van der Waals surface area contributed by atoms with E-state index in [1.54, 1.807) is 0 Å². The van der Waals surface area contributed by atoms with E-state index < -0.39 is 5.60 Å². The highest BCUT2D eigenvalue weighted by Gasteiger charge is 2.42. The molecule has 0 aliphatic heterocycles. The van der Waals surface area contributed by atoms with Gasteiger partial charge >= 0.3 is 11.9 Å². The SMILES string of the molecule is CCC(=O)OC(Cc1ccccc1)(c1ccccc1)C(C)CN(C)C.CCCCCC(=O)OCCl. The Balaban J connectivity index is 0.000000518. The van der Waals surface area contributed by atoms with Crippen LogP contribution in [-0.2, 0) is 31.1 Å². The Kier molecular flexibility index (Phi) is 15.0. The molecule has 194 valence electrons. The minimum atomic E-state index is -0.681. The molecule has 2 rings (SSSR count). The van der Waals surface area contributed by atoms with E-state index in [1.165, 1.54) is 5.56 Å². The Morgan fingerprint density at radius 1 is 0.943 bits per heavy atom. The fourth-order valence-electron chi connectivity index (χ4n) is 4.00. The van der Waals surface area contributed by atoms with Gasteiger partial charge in [-0.3, -0.25) is 9.59 Å². The van der Waals surface area contributed by atoms with Crippen molar-refractivity contribution in [2.24, 2.45) is 5.92 Å². The highest BCUT2D eigenvalue weighted by molar-refractivity contribution is 6.17. The summed E-state index contributed by atoms with van der Waals surface area (Å²) in [6.45, 7) is 6.93. The van der Waals surface area contributed by atoms with Gasteiger partial charge in [0.25, 0.3) is 0 Å². The molecule has 0 N–H and O–H groups in total. The van der Waals surface area contributed by atoms with Gasteiger partial charge in [0, 0.05) is 31.7 Å². The normalized spacial score (nSPS) is 13.2. The van der Waals surface area contributed by atoms with Crippen LogP contribution in [0.4, 0.5) is 0 Å². The second-order valence-electron chi connectivity index (χ2n) is 8.99. The van der Waals surface area contributed by atoms with Crippen molar-refractivity contribution < 1.29 is 19.1 Å². The lowest BCUT2D eigenvalue weighted by Crippen LogP contribution is -2.44. The quantitative estimate of drug-likeness (QED) is 0.175. The lowest BCUT2D eigenvalue weighted by atomic mass is 9.77. The van der Waals surface area contributed by atoms with Crippen molar-refractivity contribution >= 4 is 23.5 Å². The van der Waals surface area contributed by atoms with Crippen LogP contribution in [0.5, 0.6) is 0 Å². The molecule has 0 aliphatic carbocycles. The van der Waals surface area contributed by atoms with Crippen molar-refractivity contribution in [2.45, 2.75) is 64.9 Å². The van der Waals surface area contributed by atoms with Gasteiger partial charge in [-0.25, -0.2) is 0 Å². The van der Waals surface area contributed by atoms with Gasteiger partial charge in [-0.05, 0) is 31.6 Å². The maximum Gasteiger partial charge on any atom is 0.306 e. The van der Waals surface area contributed by atoms with Crippen molar-refractivity contribution in [2.75, 3.05) is 26.7 Å². The van der Waals surface area contributed by atoms with Crippen molar-refractivity contribution in [1.29, 1.82) is 0 Å². The maximum absolute atomic E-state index is 12.3. The third-order valence-corrected chi connectivity index (χ3v) is 5.90. The number of unbranched alkanes of at least 4 members (excludes halogenated alkanes) is 2. The fraction of sp³-hybridized carbons (Fsp3) is 0.517. The number of benzene rings is 2. The summed E-state index contributed by atoms with van der Waals surface area (Å²) in [4.78, 5) is 25.1. The number of esters is 2. The fourth-order valence-corrected chi connectivity index (χ4v) is 4.12. The van der Waals surface area contributed by atoms with Crippen LogP contribution in [0.2, 0.25) is 0 Å². The Morgan fingerprint density at radius 3 is 2.06 bits per heavy atom. The number of hydrogen-bond donors (Lipinski definition) is 0. The molecule has 0 bridgehead atoms. The zero-order valence-electron chi connectivity index (χ0n) is 22.0. The third kappa shape index (κ3) is 11.3. The maximum atomic E-state index is 12.3. The average Bonchev–Trinajstić information content (AvgIpc) is 2.85. The van der Waals surface area contributed by atoms with Crippen LogP contribution in [0.3, 0.4) is 0 Å². The molecular formula is C29H42ClNO4. The highest BCUT2D eigenvalue weighted by atomic mass is 35.5. The number of rotatable bonds is 13. The summed E-state index contributed by atoms with van der Waals surface area (Å²) in [6, 6.07) is 20.4. The van der Waals surface area contributed by atoms with Crippen molar-refractivity contribution in [3.05, 3.63) is 71.8 Å². The van der Waals surface area contributed by atoms with Gasteiger partial charge in [0.15, 0.2) is 6.07 Å². The molecule has 2 aromatic rings. The van der Waals surface area contributed by atoms with Gasteiger partial charge in [-0.15, -0.1) is 0 Å². The summed E-state index contributed by atoms with van der Waals surface area (Å²) in [6.07, 6.45) is 4.65. The van der Waals surface area contributed by atoms with Gasteiger partial charge in [0.2, 0.25) is 0 Å². The smallest absolute Gasteiger partial charge is 0.306 e. The van der Waals surface area contributed by atoms with Gasteiger partial charge in [-0.1, -0.05) is 106 Å². The second kappa shape index (κ2) is 17.1. The number of hydrogen-bond acceptors (Lipinski definition) is 5. The number of carbonyl (C=O) groups is 2. The summed E-state index contributed by atoms with van der Waals surface area (Å²) in [5.74, 6) is -0.213. The van der Waals surface area contributed by atoms with Crippen molar-refractivity contribution in [3.8, 4) is 0 Å². The standard InChI is InChI=1S/C22H29NO2.C7H13ClO2/c1-5-21(24)25-22(18(2)17-23(3)4,20-14-10-7-11-15-20)16-19-12-8-6-9-13-19;1-2-3-4-5-7(9)10-6-8/h6-15,18H,5,16-17H2,1-4H3;2-6H2,1H3. The molecule has 0 spiro atoms. The topological polar surface area (TPSA) is 55.8 Å². The second-order valence-corrected chi connectivity index (χ2v) is 9.21. The van der Waals surface area contributed by atoms with Crippen LogP contribution in [0.1, 0.15) is 64.0 Å². The van der Waals surface area contributed by atoms with Crippen LogP contribution < -0.4 is 0 Å². The van der Waals surface area contributed by atoms with Gasteiger partial charge < -0.3 is 14.4 Å². The summed E-state index contributed by atoms with van der Waals surface area (Å²) >= 11 is 5.17. The zero-order valence-corrected chi connectivity index (χ0v) is 22.7. The zero-order chi connectivity index (χ0) is 26.1. The van der Waals surface area contributed by atoms with E-state index in [4.69, 9.17) is 16.3 Å². The Morgan fingerprint density at radius 2 is 1.54 bits per heavy atom. The third-order valence-electron chi connectivity index (χ3n) is 5.79. The molecular weight excluding hydrogens is 462 g/mol. The number of carbonyl (C=O) groups excluding carboxylic acids is 2. The van der Waals surface area contributed by atoms with E-state index in [-0.39, 0.29) is 23.9 Å². The molecule has 0 aliphatic rings. The monoisotopic (exact) mass is 503 g/mol. The van der Waals surface area contributed by atoms with Crippen LogP contribution in [-0.4, -0.2) is 43.5 Å². The molecule has 0 heterocycles. The molecule has 2 unspecified atom stereocenters. The summed E-state index contributed by atoms with van der Waals surface area (Å²) in [7, 11) is 4.10. The lowest BCUT2D eigenvalue weighted by Gasteiger charge is -2.40. The summed E-state index contributed by atoms with van der Waals surface area (Å²) in [5, 5.41) is 0. The number of halogens is 1. The van der Waals surface area contributed by atoms with Crippen LogP contribution in [0.15, 0.2) is 60.7 Å². The number of ether oxygens (including phenoxy) is 2. The van der Waals surface area contributed by atoms with Gasteiger partial charge in [-0.2, -0.15) is 0 Å². The van der Waals surface area contributed by atoms with E-state index >= 15 is 0 Å². The average molecular weight is 504 g/mol. The molecule has 0 aromatic heterocycles. The first-order valence-corrected chi connectivity index (χ1v) is 13.0. The molecule has 2 aromatic carbocycles. The van der Waals surface area contributed by atoms with Crippen LogP contribution in [0, 0.1) is 5.92 Å². The van der Waals surface area contributed by atoms with E-state index in [0.29, 0.717) is 19.3 Å². The van der Waals surface area contributed by atoms with E-state index in [1.807, 2.05) is 43.3 Å². The minimum absolute atomic E-state index is 0.0229. The molecule has 6 heteroatoms. The first-order valence-electron chi connectivity index (χ1n) is 12.5. The first kappa shape index (κ1) is 30.7. The predicted molar refractivity (Wildman–Crippen MR) is 143 cm³/mol. The number of nitrogens with zero attached hydrogens (tertiary/aromatic N) is 1. The number of alkyl halides is 1. The molecule has 35 heavy (non-hydrogen) atoms. The predicted octanol–water partition coefficient (Wildman–Crippen LogP) is 6.58. The van der Waals surface area contributed by atoms with Crippen molar-refractivity contribution in [1.82, 2.24) is 4.90 Å². The Bertz CT molecular complexity index is 844. The van der Waals surface area contributed by atoms with E-state index in [2.05, 4.69) is 61.8 Å². The minimum Gasteiger partial charge on any atom is -0.453 e. The highest BCUT2D eigenvalue weighted by Crippen LogP contribution is 2.38. The van der Waals surface area contributed by atoms with E-state index in [0.717, 1.165) is 31.4 Å². The molecule has 0 fully saturated rings. The van der Waals surface area contributed by atoms with Gasteiger partial charge in [0.05, 0.1) is 0 Å². The molecule has 2 atom stereocenters. The molecule has 0 amide bonds. The lowest BCUT2D eigenvalue weighted by molar-refractivity contribution is -0.168. The first-order chi connectivity index (χ1) is 16.8. The van der Waals surface area contributed by atoms with Crippen LogP contribution in [0.25, 0.3) is 0 Å². The molecule has 0 radical (unpaired) electrons. The van der Waals surface area contributed by atoms with Gasteiger partial charge in [0.1, 0.15) is 5.60 Å². The molecule has 0 saturated heterocycles.